The number of carbonyl (C=O) groups is 2. The summed E-state index contributed by atoms with van der Waals surface area (Å²) in [4.78, 5) is 21.3. The Morgan fingerprint density at radius 2 is 1.89 bits per heavy atom. The van der Waals surface area contributed by atoms with Gasteiger partial charge in [-0.1, -0.05) is 23.4 Å². The number of hydrogen-bond acceptors (Lipinski definition) is 7. The number of amides is 1. The minimum Gasteiger partial charge on any atom is -0.477 e. The molecule has 4 N–H and O–H groups in total. The molecule has 9 nitrogen and oxygen atoms in total. The number of carbonyl (C=O) groups excluding carboxylic acids is 1. The van der Waals surface area contributed by atoms with Crippen LogP contribution in [0.3, 0.4) is 0 Å². The van der Waals surface area contributed by atoms with Gasteiger partial charge in [-0.25, -0.2) is 13.2 Å². The van der Waals surface area contributed by atoms with Crippen LogP contribution in [0.2, 0.25) is 0 Å². The van der Waals surface area contributed by atoms with Gasteiger partial charge in [-0.3, -0.25) is 9.52 Å². The molecule has 0 spiro atoms. The quantitative estimate of drug-likeness (QED) is 0.584. The zero-order valence-corrected chi connectivity index (χ0v) is 15.6. The smallest absolute Gasteiger partial charge is 0.348 e. The third-order valence-electron chi connectivity index (χ3n) is 3.04. The Labute approximate surface area is 158 Å². The van der Waals surface area contributed by atoms with Crippen molar-refractivity contribution in [2.75, 3.05) is 4.72 Å². The maximum absolute atomic E-state index is 12.0. The van der Waals surface area contributed by atoms with Crippen molar-refractivity contribution in [1.82, 2.24) is 5.16 Å². The van der Waals surface area contributed by atoms with E-state index in [0.29, 0.717) is 5.76 Å². The molecular formula is C16H15N3O6S2. The highest BCUT2D eigenvalue weighted by atomic mass is 32.2. The number of rotatable bonds is 5. The van der Waals surface area contributed by atoms with Gasteiger partial charge < -0.3 is 15.4 Å². The first kappa shape index (κ1) is 20.1. The molecule has 0 atom stereocenters. The fourth-order valence-electron chi connectivity index (χ4n) is 1.84. The van der Waals surface area contributed by atoms with E-state index in [0.717, 1.165) is 11.3 Å². The SMILES string of the molecule is Cc1cc(C(N)=O)no1.O=C(O)c1sccc1NS(=O)(=O)c1ccccc1. The summed E-state index contributed by atoms with van der Waals surface area (Å²) in [5.74, 6) is -1.13. The predicted molar refractivity (Wildman–Crippen MR) is 98.3 cm³/mol. The minimum atomic E-state index is -3.75. The number of aryl methyl sites for hydroxylation is 1. The van der Waals surface area contributed by atoms with Crippen molar-refractivity contribution in [3.63, 3.8) is 0 Å². The minimum absolute atomic E-state index is 0.0329. The van der Waals surface area contributed by atoms with Crippen molar-refractivity contribution >= 4 is 38.9 Å². The molecule has 2 heterocycles. The summed E-state index contributed by atoms with van der Waals surface area (Å²) in [6, 6.07) is 10.7. The first-order valence-electron chi connectivity index (χ1n) is 7.32. The Morgan fingerprint density at radius 1 is 1.22 bits per heavy atom. The molecule has 1 aromatic carbocycles. The van der Waals surface area contributed by atoms with Crippen molar-refractivity contribution < 1.29 is 27.6 Å². The van der Waals surface area contributed by atoms with E-state index in [9.17, 15) is 18.0 Å². The second-order valence-corrected chi connectivity index (χ2v) is 7.67. The lowest BCUT2D eigenvalue weighted by Crippen LogP contribution is -2.14. The number of sulfonamides is 1. The zero-order chi connectivity index (χ0) is 20.0. The molecule has 142 valence electrons. The molecule has 0 aliphatic heterocycles. The van der Waals surface area contributed by atoms with Gasteiger partial charge in [0, 0.05) is 6.07 Å². The number of aromatic carboxylic acids is 1. The van der Waals surface area contributed by atoms with Crippen molar-refractivity contribution in [3.05, 3.63) is 64.2 Å². The van der Waals surface area contributed by atoms with E-state index in [1.807, 2.05) is 0 Å². The first-order chi connectivity index (χ1) is 12.7. The summed E-state index contributed by atoms with van der Waals surface area (Å²) < 4.78 is 30.8. The van der Waals surface area contributed by atoms with E-state index in [4.69, 9.17) is 10.8 Å². The molecule has 0 aliphatic rings. The lowest BCUT2D eigenvalue weighted by molar-refractivity contribution is 0.0703. The van der Waals surface area contributed by atoms with Crippen LogP contribution >= 0.6 is 11.3 Å². The molecule has 3 aromatic rings. The summed E-state index contributed by atoms with van der Waals surface area (Å²) >= 11 is 0.967. The average molecular weight is 409 g/mol. The molecule has 0 saturated carbocycles. The summed E-state index contributed by atoms with van der Waals surface area (Å²) in [5, 5.41) is 13.8. The number of thiophene rings is 1. The van der Waals surface area contributed by atoms with Crippen LogP contribution in [0.15, 0.2) is 57.3 Å². The van der Waals surface area contributed by atoms with E-state index in [-0.39, 0.29) is 21.2 Å². The van der Waals surface area contributed by atoms with Gasteiger partial charge in [0.15, 0.2) is 5.69 Å². The number of nitrogens with one attached hydrogen (secondary N) is 1. The van der Waals surface area contributed by atoms with Gasteiger partial charge in [0.05, 0.1) is 10.6 Å². The van der Waals surface area contributed by atoms with Crippen LogP contribution in [0.5, 0.6) is 0 Å². The third kappa shape index (κ3) is 5.39. The summed E-state index contributed by atoms with van der Waals surface area (Å²) in [5.41, 5.74) is 5.12. The number of nitrogens with two attached hydrogens (primary N) is 1. The second-order valence-electron chi connectivity index (χ2n) is 5.07. The first-order valence-corrected chi connectivity index (χ1v) is 9.69. The number of primary amides is 1. The van der Waals surface area contributed by atoms with E-state index >= 15 is 0 Å². The van der Waals surface area contributed by atoms with Gasteiger partial charge in [0.2, 0.25) is 0 Å². The number of carboxylic acids is 1. The summed E-state index contributed by atoms with van der Waals surface area (Å²) in [7, 11) is -3.75. The van der Waals surface area contributed by atoms with Crippen LogP contribution in [-0.2, 0) is 10.0 Å². The normalized spacial score (nSPS) is 10.6. The standard InChI is InChI=1S/C11H9NO4S2.C5H6N2O2/c13-11(14)10-9(6-7-17-10)12-18(15,16)8-4-2-1-3-5-8;1-3-2-4(5(6)8)7-9-3/h1-7,12H,(H,13,14);2H,1H3,(H2,6,8). The van der Waals surface area contributed by atoms with Gasteiger partial charge in [-0.05, 0) is 30.5 Å². The number of hydrogen-bond donors (Lipinski definition) is 3. The predicted octanol–water partition coefficient (Wildman–Crippen LogP) is 2.33. The van der Waals surface area contributed by atoms with Crippen LogP contribution in [-0.4, -0.2) is 30.6 Å². The molecule has 0 unspecified atom stereocenters. The monoisotopic (exact) mass is 409 g/mol. The van der Waals surface area contributed by atoms with Gasteiger partial charge >= 0.3 is 5.97 Å². The number of anilines is 1. The van der Waals surface area contributed by atoms with Gasteiger partial charge in [0.25, 0.3) is 15.9 Å². The van der Waals surface area contributed by atoms with E-state index in [1.165, 1.54) is 29.6 Å². The van der Waals surface area contributed by atoms with Gasteiger partial charge in [0.1, 0.15) is 10.6 Å². The molecule has 3 rings (SSSR count). The fourth-order valence-corrected chi connectivity index (χ4v) is 3.69. The topological polar surface area (TPSA) is 153 Å². The third-order valence-corrected chi connectivity index (χ3v) is 5.32. The average Bonchev–Trinajstić information content (AvgIpc) is 3.25. The Kier molecular flexibility index (Phi) is 6.32. The van der Waals surface area contributed by atoms with Gasteiger partial charge in [-0.2, -0.15) is 0 Å². The van der Waals surface area contributed by atoms with E-state index in [1.54, 1.807) is 25.1 Å². The summed E-state index contributed by atoms with van der Waals surface area (Å²) in [6.45, 7) is 1.69. The highest BCUT2D eigenvalue weighted by molar-refractivity contribution is 7.92. The Balaban J connectivity index is 0.000000244. The van der Waals surface area contributed by atoms with Crippen molar-refractivity contribution in [2.24, 2.45) is 5.73 Å². The van der Waals surface area contributed by atoms with E-state index < -0.39 is 21.9 Å². The molecule has 0 fully saturated rings. The molecule has 0 aliphatic carbocycles. The summed E-state index contributed by atoms with van der Waals surface area (Å²) in [6.07, 6.45) is 0. The maximum Gasteiger partial charge on any atom is 0.348 e. The van der Waals surface area contributed by atoms with Crippen LogP contribution in [0.4, 0.5) is 5.69 Å². The molecule has 2 aromatic heterocycles. The zero-order valence-electron chi connectivity index (χ0n) is 13.9. The maximum atomic E-state index is 12.0. The fraction of sp³-hybridized carbons (Fsp3) is 0.0625. The number of nitrogens with zero attached hydrogens (tertiary/aromatic N) is 1. The Hall–Kier alpha value is -3.18. The lowest BCUT2D eigenvalue weighted by atomic mass is 10.4. The van der Waals surface area contributed by atoms with Crippen molar-refractivity contribution in [3.8, 4) is 0 Å². The molecule has 0 saturated heterocycles. The number of aromatic nitrogens is 1. The molecule has 0 radical (unpaired) electrons. The Bertz CT molecular complexity index is 1040. The number of benzene rings is 1. The highest BCUT2D eigenvalue weighted by Crippen LogP contribution is 2.25. The molecular weight excluding hydrogens is 394 g/mol. The molecule has 0 bridgehead atoms. The van der Waals surface area contributed by atoms with Crippen molar-refractivity contribution in [1.29, 1.82) is 0 Å². The van der Waals surface area contributed by atoms with Crippen LogP contribution in [0, 0.1) is 6.92 Å². The van der Waals surface area contributed by atoms with Gasteiger partial charge in [-0.15, -0.1) is 11.3 Å². The van der Waals surface area contributed by atoms with E-state index in [2.05, 4.69) is 14.4 Å². The highest BCUT2D eigenvalue weighted by Gasteiger charge is 2.19. The van der Waals surface area contributed by atoms with Crippen molar-refractivity contribution in [2.45, 2.75) is 11.8 Å². The Morgan fingerprint density at radius 3 is 2.37 bits per heavy atom. The van der Waals surface area contributed by atoms with Crippen LogP contribution < -0.4 is 10.5 Å². The molecule has 11 heteroatoms. The molecule has 1 amide bonds. The van der Waals surface area contributed by atoms with Crippen LogP contribution in [0.25, 0.3) is 0 Å². The second kappa shape index (κ2) is 8.47. The largest absolute Gasteiger partial charge is 0.477 e. The lowest BCUT2D eigenvalue weighted by Gasteiger charge is -2.07. The number of carboxylic acid groups (broad SMARTS) is 1. The van der Waals surface area contributed by atoms with Crippen LogP contribution in [0.1, 0.15) is 25.9 Å². The molecule has 27 heavy (non-hydrogen) atoms.